The van der Waals surface area contributed by atoms with Gasteiger partial charge in [-0.2, -0.15) is 0 Å². The molecule has 136 valence electrons. The molecule has 0 atom stereocenters. The second-order valence-electron chi connectivity index (χ2n) is 8.22. The predicted octanol–water partition coefficient (Wildman–Crippen LogP) is 4.17. The summed E-state index contributed by atoms with van der Waals surface area (Å²) in [5.41, 5.74) is 2.80. The van der Waals surface area contributed by atoms with Crippen molar-refractivity contribution in [2.24, 2.45) is 0 Å². The summed E-state index contributed by atoms with van der Waals surface area (Å²) in [6.45, 7) is 7.66. The average Bonchev–Trinajstić information content (AvgIpc) is 3.41. The number of carbonyl (C=O) groups excluding carboxylic acids is 1. The van der Waals surface area contributed by atoms with E-state index in [9.17, 15) is 4.79 Å². The molecule has 4 rings (SSSR count). The van der Waals surface area contributed by atoms with Gasteiger partial charge in [0.15, 0.2) is 11.5 Å². The van der Waals surface area contributed by atoms with Crippen molar-refractivity contribution >= 4 is 5.91 Å². The first-order valence-electron chi connectivity index (χ1n) is 9.21. The van der Waals surface area contributed by atoms with Crippen molar-refractivity contribution in [3.05, 3.63) is 59.2 Å². The van der Waals surface area contributed by atoms with Crippen molar-refractivity contribution in [2.45, 2.75) is 44.6 Å². The topological polar surface area (TPSA) is 47.6 Å². The van der Waals surface area contributed by atoms with E-state index in [0.717, 1.165) is 29.9 Å². The highest BCUT2D eigenvalue weighted by molar-refractivity contribution is 5.95. The molecular weight excluding hydrogens is 326 g/mol. The van der Waals surface area contributed by atoms with Crippen LogP contribution in [0.25, 0.3) is 0 Å². The zero-order valence-electron chi connectivity index (χ0n) is 15.6. The molecule has 1 aliphatic carbocycles. The summed E-state index contributed by atoms with van der Waals surface area (Å²) in [7, 11) is 0. The van der Waals surface area contributed by atoms with Gasteiger partial charge in [0.2, 0.25) is 0 Å². The Morgan fingerprint density at radius 1 is 0.962 bits per heavy atom. The molecule has 1 fully saturated rings. The Balaban J connectivity index is 1.52. The molecule has 2 aromatic rings. The summed E-state index contributed by atoms with van der Waals surface area (Å²) in [5, 5.41) is 3.23. The first kappa shape index (κ1) is 17.0. The lowest BCUT2D eigenvalue weighted by molar-refractivity contribution is 0.0930. The van der Waals surface area contributed by atoms with Crippen LogP contribution in [-0.2, 0) is 11.0 Å². The molecule has 4 heteroatoms. The van der Waals surface area contributed by atoms with Gasteiger partial charge in [-0.3, -0.25) is 4.79 Å². The van der Waals surface area contributed by atoms with E-state index < -0.39 is 0 Å². The van der Waals surface area contributed by atoms with Gasteiger partial charge in [-0.25, -0.2) is 0 Å². The number of benzene rings is 2. The fraction of sp³-hybridized carbons (Fsp3) is 0.409. The van der Waals surface area contributed by atoms with Crippen LogP contribution < -0.4 is 14.8 Å². The third-order valence-corrected chi connectivity index (χ3v) is 5.21. The average molecular weight is 351 g/mol. The van der Waals surface area contributed by atoms with Gasteiger partial charge in [0.25, 0.3) is 5.91 Å². The summed E-state index contributed by atoms with van der Waals surface area (Å²) in [4.78, 5) is 12.8. The number of ether oxygens (including phenoxy) is 2. The highest BCUT2D eigenvalue weighted by Gasteiger charge is 2.46. The van der Waals surface area contributed by atoms with E-state index in [0.29, 0.717) is 18.8 Å². The Bertz CT molecular complexity index is 829. The van der Waals surface area contributed by atoms with Crippen LogP contribution in [0.2, 0.25) is 0 Å². The standard InChI is InChI=1S/C22H25NO3/c1-21(2,3)16-6-4-15(5-7-16)20(24)23-22(10-11-22)17-8-9-18-19(14-17)26-13-12-25-18/h4-9,14H,10-13H2,1-3H3,(H,23,24). The second-order valence-corrected chi connectivity index (χ2v) is 8.22. The fourth-order valence-corrected chi connectivity index (χ4v) is 3.36. The quantitative estimate of drug-likeness (QED) is 0.903. The van der Waals surface area contributed by atoms with Gasteiger partial charge in [-0.15, -0.1) is 0 Å². The van der Waals surface area contributed by atoms with Crippen molar-refractivity contribution in [1.82, 2.24) is 5.32 Å². The van der Waals surface area contributed by atoms with Crippen LogP contribution in [0, 0.1) is 0 Å². The number of amides is 1. The maximum atomic E-state index is 12.8. The van der Waals surface area contributed by atoms with Crippen molar-refractivity contribution in [1.29, 1.82) is 0 Å². The monoisotopic (exact) mass is 351 g/mol. The van der Waals surface area contributed by atoms with Crippen molar-refractivity contribution in [3.8, 4) is 11.5 Å². The number of fused-ring (bicyclic) bond motifs is 1. The van der Waals surface area contributed by atoms with Gasteiger partial charge in [-0.1, -0.05) is 39.0 Å². The van der Waals surface area contributed by atoms with E-state index in [1.165, 1.54) is 5.56 Å². The van der Waals surface area contributed by atoms with Crippen LogP contribution in [-0.4, -0.2) is 19.1 Å². The van der Waals surface area contributed by atoms with Crippen LogP contribution in [0.4, 0.5) is 0 Å². The van der Waals surface area contributed by atoms with Crippen molar-refractivity contribution in [2.75, 3.05) is 13.2 Å². The SMILES string of the molecule is CC(C)(C)c1ccc(C(=O)NC2(c3ccc4c(c3)OCCO4)CC2)cc1. The molecule has 1 saturated carbocycles. The predicted molar refractivity (Wildman–Crippen MR) is 101 cm³/mol. The molecule has 1 amide bonds. The first-order chi connectivity index (χ1) is 12.4. The largest absolute Gasteiger partial charge is 0.486 e. The van der Waals surface area contributed by atoms with Gasteiger partial charge in [-0.05, 0) is 53.6 Å². The maximum absolute atomic E-state index is 12.8. The summed E-state index contributed by atoms with van der Waals surface area (Å²) in [6, 6.07) is 13.9. The van der Waals surface area contributed by atoms with Crippen LogP contribution in [0.1, 0.15) is 55.1 Å². The normalized spacial score (nSPS) is 17.5. The zero-order chi connectivity index (χ0) is 18.4. The van der Waals surface area contributed by atoms with Gasteiger partial charge in [0.1, 0.15) is 13.2 Å². The minimum atomic E-state index is -0.282. The molecule has 1 aliphatic heterocycles. The lowest BCUT2D eigenvalue weighted by Crippen LogP contribution is -2.35. The minimum absolute atomic E-state index is 0.0298. The molecule has 0 bridgehead atoms. The molecule has 2 aliphatic rings. The lowest BCUT2D eigenvalue weighted by atomic mass is 9.86. The Morgan fingerprint density at radius 3 is 2.23 bits per heavy atom. The lowest BCUT2D eigenvalue weighted by Gasteiger charge is -2.23. The molecule has 1 heterocycles. The molecule has 0 aromatic heterocycles. The third-order valence-electron chi connectivity index (χ3n) is 5.21. The second kappa shape index (κ2) is 6.04. The van der Waals surface area contributed by atoms with E-state index in [4.69, 9.17) is 9.47 Å². The summed E-state index contributed by atoms with van der Waals surface area (Å²) in [5.74, 6) is 1.52. The highest BCUT2D eigenvalue weighted by Crippen LogP contribution is 2.48. The number of nitrogens with one attached hydrogen (secondary N) is 1. The molecule has 0 saturated heterocycles. The maximum Gasteiger partial charge on any atom is 0.251 e. The molecule has 4 nitrogen and oxygen atoms in total. The Hall–Kier alpha value is -2.49. The van der Waals surface area contributed by atoms with Crippen LogP contribution in [0.5, 0.6) is 11.5 Å². The number of hydrogen-bond donors (Lipinski definition) is 1. The minimum Gasteiger partial charge on any atom is -0.486 e. The number of rotatable bonds is 3. The molecule has 2 aromatic carbocycles. The smallest absolute Gasteiger partial charge is 0.251 e. The molecule has 0 radical (unpaired) electrons. The Kier molecular flexibility index (Phi) is 3.94. The Labute approximate surface area is 154 Å². The summed E-state index contributed by atoms with van der Waals surface area (Å²) < 4.78 is 11.3. The molecular formula is C22H25NO3. The van der Waals surface area contributed by atoms with E-state index in [1.807, 2.05) is 42.5 Å². The summed E-state index contributed by atoms with van der Waals surface area (Å²) in [6.07, 6.45) is 1.89. The number of hydrogen-bond acceptors (Lipinski definition) is 3. The van der Waals surface area contributed by atoms with Gasteiger partial charge in [0.05, 0.1) is 5.54 Å². The first-order valence-corrected chi connectivity index (χ1v) is 9.21. The fourth-order valence-electron chi connectivity index (χ4n) is 3.36. The van der Waals surface area contributed by atoms with Crippen LogP contribution in [0.3, 0.4) is 0 Å². The molecule has 26 heavy (non-hydrogen) atoms. The van der Waals surface area contributed by atoms with E-state index in [2.05, 4.69) is 26.1 Å². The van der Waals surface area contributed by atoms with Crippen LogP contribution in [0.15, 0.2) is 42.5 Å². The summed E-state index contributed by atoms with van der Waals surface area (Å²) >= 11 is 0. The van der Waals surface area contributed by atoms with Gasteiger partial charge in [0, 0.05) is 5.56 Å². The molecule has 1 N–H and O–H groups in total. The van der Waals surface area contributed by atoms with Crippen LogP contribution >= 0.6 is 0 Å². The van der Waals surface area contributed by atoms with Gasteiger partial charge >= 0.3 is 0 Å². The highest BCUT2D eigenvalue weighted by atomic mass is 16.6. The van der Waals surface area contributed by atoms with Crippen molar-refractivity contribution in [3.63, 3.8) is 0 Å². The third kappa shape index (κ3) is 3.16. The van der Waals surface area contributed by atoms with E-state index in [-0.39, 0.29) is 16.9 Å². The number of carbonyl (C=O) groups is 1. The molecule has 0 unspecified atom stereocenters. The zero-order valence-corrected chi connectivity index (χ0v) is 15.6. The van der Waals surface area contributed by atoms with Gasteiger partial charge < -0.3 is 14.8 Å². The van der Waals surface area contributed by atoms with E-state index >= 15 is 0 Å². The molecule has 0 spiro atoms. The van der Waals surface area contributed by atoms with E-state index in [1.54, 1.807) is 0 Å². The Morgan fingerprint density at radius 2 is 1.62 bits per heavy atom. The van der Waals surface area contributed by atoms with Crippen molar-refractivity contribution < 1.29 is 14.3 Å².